The molecule has 9 heteroatoms. The van der Waals surface area contributed by atoms with Crippen molar-refractivity contribution in [1.29, 1.82) is 0 Å². The molecule has 1 aliphatic heterocycles. The lowest BCUT2D eigenvalue weighted by Crippen LogP contribution is -2.63. The number of amides is 1. The maximum Gasteiger partial charge on any atom is 0.257 e. The van der Waals surface area contributed by atoms with Crippen LogP contribution in [0, 0.1) is 23.5 Å². The lowest BCUT2D eigenvalue weighted by atomic mass is 9.70. The summed E-state index contributed by atoms with van der Waals surface area (Å²) in [7, 11) is 0. The van der Waals surface area contributed by atoms with Gasteiger partial charge in [0.25, 0.3) is 5.91 Å². The number of carbonyl (C=O) groups excluding carboxylic acids is 1. The molecule has 1 saturated heterocycles. The third-order valence-electron chi connectivity index (χ3n) is 6.43. The van der Waals surface area contributed by atoms with Crippen molar-refractivity contribution in [3.63, 3.8) is 0 Å². The van der Waals surface area contributed by atoms with Crippen LogP contribution in [0.15, 0.2) is 48.5 Å². The molecule has 2 aliphatic rings. The summed E-state index contributed by atoms with van der Waals surface area (Å²) in [4.78, 5) is 12.6. The van der Waals surface area contributed by atoms with E-state index >= 15 is 4.39 Å². The van der Waals surface area contributed by atoms with Crippen LogP contribution in [0.3, 0.4) is 0 Å². The molecule has 0 radical (unpaired) electrons. The average Bonchev–Trinajstić information content (AvgIpc) is 3.64. The lowest BCUT2D eigenvalue weighted by Gasteiger charge is -2.49. The van der Waals surface area contributed by atoms with Crippen molar-refractivity contribution in [2.45, 2.75) is 37.0 Å². The first kappa shape index (κ1) is 23.7. The van der Waals surface area contributed by atoms with Crippen molar-refractivity contribution < 1.29 is 27.8 Å². The molecule has 3 N–H and O–H groups in total. The van der Waals surface area contributed by atoms with E-state index in [0.717, 1.165) is 25.0 Å². The number of ether oxygens (including phenoxy) is 1. The molecule has 2 aromatic carbocycles. The predicted molar refractivity (Wildman–Crippen MR) is 120 cm³/mol. The van der Waals surface area contributed by atoms with Crippen molar-refractivity contribution in [3.8, 4) is 0 Å². The highest BCUT2D eigenvalue weighted by Gasteiger charge is 2.53. The van der Waals surface area contributed by atoms with E-state index in [-0.39, 0.29) is 29.8 Å². The van der Waals surface area contributed by atoms with Gasteiger partial charge in [0.15, 0.2) is 5.11 Å². The maximum atomic E-state index is 15.0. The molecule has 5 nitrogen and oxygen atoms in total. The van der Waals surface area contributed by atoms with E-state index in [9.17, 15) is 18.7 Å². The first-order valence-electron chi connectivity index (χ1n) is 10.8. The number of thiocarbonyl (C=S) groups is 1. The van der Waals surface area contributed by atoms with Gasteiger partial charge in [-0.05, 0) is 55.6 Å². The Kier molecular flexibility index (Phi) is 7.02. The minimum absolute atomic E-state index is 0.0213. The van der Waals surface area contributed by atoms with Crippen LogP contribution in [0.4, 0.5) is 13.2 Å². The van der Waals surface area contributed by atoms with E-state index in [4.69, 9.17) is 17.0 Å². The Morgan fingerprint density at radius 3 is 2.58 bits per heavy atom. The van der Waals surface area contributed by atoms with Crippen molar-refractivity contribution in [3.05, 3.63) is 71.3 Å². The first-order valence-corrected chi connectivity index (χ1v) is 11.2. The molecule has 1 saturated carbocycles. The summed E-state index contributed by atoms with van der Waals surface area (Å²) in [5.41, 5.74) is -1.18. The second kappa shape index (κ2) is 9.79. The average molecular weight is 479 g/mol. The molecule has 0 bridgehead atoms. The minimum Gasteiger partial charge on any atom is -0.390 e. The molecule has 176 valence electrons. The second-order valence-corrected chi connectivity index (χ2v) is 9.03. The number of hydrogen-bond donors (Lipinski definition) is 3. The maximum absolute atomic E-state index is 15.0. The molecule has 1 heterocycles. The third kappa shape index (κ3) is 5.05. The highest BCUT2D eigenvalue weighted by atomic mass is 32.1. The standard InChI is InChI=1S/C24H25F3N2O3S/c25-12-20(30)18-11-21(14-6-7-14)32-13-24(18,17-9-8-16(26)10-19(17)27)29-23(33)28-22(31)15-4-2-1-3-5-15/h1-5,8-10,14,18,20-21,30H,6-7,11-13H2,(H2,28,29,31,33)/t18-,20-,21+,24+/m0/s1. The Hall–Kier alpha value is -2.49. The lowest BCUT2D eigenvalue weighted by molar-refractivity contribution is -0.114. The summed E-state index contributed by atoms with van der Waals surface area (Å²) in [5.74, 6) is -2.68. The Morgan fingerprint density at radius 1 is 1.21 bits per heavy atom. The summed E-state index contributed by atoms with van der Waals surface area (Å²) >= 11 is 5.35. The van der Waals surface area contributed by atoms with E-state index in [1.165, 1.54) is 6.07 Å². The molecule has 0 unspecified atom stereocenters. The Labute approximate surface area is 195 Å². The largest absolute Gasteiger partial charge is 0.390 e. The Balaban J connectivity index is 1.67. The summed E-state index contributed by atoms with van der Waals surface area (Å²) in [6.45, 7) is -1.20. The number of benzene rings is 2. The number of hydrogen-bond acceptors (Lipinski definition) is 4. The van der Waals surface area contributed by atoms with Gasteiger partial charge in [-0.25, -0.2) is 13.2 Å². The first-order chi connectivity index (χ1) is 15.8. The highest BCUT2D eigenvalue weighted by Crippen LogP contribution is 2.47. The number of halogens is 3. The van der Waals surface area contributed by atoms with Gasteiger partial charge in [0, 0.05) is 23.1 Å². The van der Waals surface area contributed by atoms with Crippen molar-refractivity contribution in [2.75, 3.05) is 13.3 Å². The van der Waals surface area contributed by atoms with Crippen LogP contribution in [-0.2, 0) is 10.3 Å². The van der Waals surface area contributed by atoms with E-state index in [0.29, 0.717) is 11.5 Å². The normalized spacial score (nSPS) is 25.8. The summed E-state index contributed by atoms with van der Waals surface area (Å²) < 4.78 is 48.5. The van der Waals surface area contributed by atoms with Crippen molar-refractivity contribution in [2.24, 2.45) is 11.8 Å². The van der Waals surface area contributed by atoms with Crippen molar-refractivity contribution >= 4 is 23.2 Å². The third-order valence-corrected chi connectivity index (χ3v) is 6.63. The number of aliphatic hydroxyl groups is 1. The molecule has 4 rings (SSSR count). The molecule has 0 aromatic heterocycles. The summed E-state index contributed by atoms with van der Waals surface area (Å²) in [5, 5.41) is 16.0. The molecule has 2 aromatic rings. The second-order valence-electron chi connectivity index (χ2n) is 8.62. The number of carbonyl (C=O) groups is 1. The van der Waals surface area contributed by atoms with E-state index in [1.807, 2.05) is 0 Å². The smallest absolute Gasteiger partial charge is 0.257 e. The fourth-order valence-electron chi connectivity index (χ4n) is 4.58. The molecule has 1 amide bonds. The fraction of sp³-hybridized carbons (Fsp3) is 0.417. The van der Waals surface area contributed by atoms with Gasteiger partial charge in [-0.2, -0.15) is 0 Å². The highest BCUT2D eigenvalue weighted by molar-refractivity contribution is 7.80. The molecular formula is C24H25F3N2O3S. The van der Waals surface area contributed by atoms with Gasteiger partial charge in [-0.1, -0.05) is 24.3 Å². The quantitative estimate of drug-likeness (QED) is 0.554. The van der Waals surface area contributed by atoms with Crippen molar-refractivity contribution in [1.82, 2.24) is 10.6 Å². The van der Waals surface area contributed by atoms with E-state index < -0.39 is 41.8 Å². The van der Waals surface area contributed by atoms with Gasteiger partial charge < -0.3 is 15.2 Å². The van der Waals surface area contributed by atoms with E-state index in [1.54, 1.807) is 30.3 Å². The van der Waals surface area contributed by atoms with Crippen LogP contribution in [0.1, 0.15) is 35.2 Å². The van der Waals surface area contributed by atoms with Crippen LogP contribution in [0.25, 0.3) is 0 Å². The molecule has 1 aliphatic carbocycles. The number of aliphatic hydroxyl groups excluding tert-OH is 1. The van der Waals surface area contributed by atoms with Gasteiger partial charge in [-0.15, -0.1) is 0 Å². The SMILES string of the molecule is O=C(NC(=S)N[C@@]1(c2ccc(F)cc2F)CO[C@@H](C2CC2)C[C@H]1[C@@H](O)CF)c1ccccc1. The number of rotatable bonds is 6. The molecule has 2 fully saturated rings. The molecule has 0 spiro atoms. The van der Waals surface area contributed by atoms with Gasteiger partial charge >= 0.3 is 0 Å². The van der Waals surface area contributed by atoms with Crippen LogP contribution < -0.4 is 10.6 Å². The predicted octanol–water partition coefficient (Wildman–Crippen LogP) is 3.61. The van der Waals surface area contributed by atoms with Gasteiger partial charge in [-0.3, -0.25) is 10.1 Å². The number of alkyl halides is 1. The zero-order valence-electron chi connectivity index (χ0n) is 17.8. The zero-order valence-corrected chi connectivity index (χ0v) is 18.6. The minimum atomic E-state index is -1.52. The van der Waals surface area contributed by atoms with Crippen LogP contribution >= 0.6 is 12.2 Å². The molecular weight excluding hydrogens is 453 g/mol. The molecule has 33 heavy (non-hydrogen) atoms. The van der Waals surface area contributed by atoms with Crippen LogP contribution in [0.2, 0.25) is 0 Å². The van der Waals surface area contributed by atoms with Gasteiger partial charge in [0.2, 0.25) is 0 Å². The summed E-state index contributed by atoms with van der Waals surface area (Å²) in [6, 6.07) is 11.4. The monoisotopic (exact) mass is 478 g/mol. The topological polar surface area (TPSA) is 70.6 Å². The fourth-order valence-corrected chi connectivity index (χ4v) is 4.85. The zero-order chi connectivity index (χ0) is 23.6. The van der Waals surface area contributed by atoms with Gasteiger partial charge in [0.05, 0.1) is 24.4 Å². The van der Waals surface area contributed by atoms with Crippen LogP contribution in [0.5, 0.6) is 0 Å². The Bertz CT molecular complexity index is 1020. The molecule has 4 atom stereocenters. The summed E-state index contributed by atoms with van der Waals surface area (Å²) in [6.07, 6.45) is 0.552. The Morgan fingerprint density at radius 2 is 1.94 bits per heavy atom. The van der Waals surface area contributed by atoms with Crippen LogP contribution in [-0.4, -0.2) is 41.6 Å². The number of nitrogens with one attached hydrogen (secondary N) is 2. The van der Waals surface area contributed by atoms with Gasteiger partial charge in [0.1, 0.15) is 18.3 Å². The van der Waals surface area contributed by atoms with E-state index in [2.05, 4.69) is 10.6 Å².